The number of hydrogen-bond donors (Lipinski definition) is 1. The SMILES string of the molecule is CN(C)C(=O)c1ccc(N[C@H]2CC(=O)N(c3ccc(Br)cc3)C2=O)cc1. The highest BCUT2D eigenvalue weighted by molar-refractivity contribution is 9.10. The molecule has 0 saturated carbocycles. The van der Waals surface area contributed by atoms with Gasteiger partial charge in [-0.1, -0.05) is 15.9 Å². The van der Waals surface area contributed by atoms with E-state index in [1.165, 1.54) is 9.80 Å². The van der Waals surface area contributed by atoms with Crippen molar-refractivity contribution in [3.8, 4) is 0 Å². The van der Waals surface area contributed by atoms with E-state index in [1.807, 2.05) is 0 Å². The molecule has 0 unspecified atom stereocenters. The maximum Gasteiger partial charge on any atom is 0.256 e. The molecule has 6 nitrogen and oxygen atoms in total. The normalized spacial score (nSPS) is 16.7. The Kier molecular flexibility index (Phi) is 5.08. The molecule has 1 aliphatic heterocycles. The van der Waals surface area contributed by atoms with Crippen LogP contribution in [0.25, 0.3) is 0 Å². The van der Waals surface area contributed by atoms with Crippen LogP contribution in [0.5, 0.6) is 0 Å². The number of nitrogens with zero attached hydrogens (tertiary/aromatic N) is 2. The molecule has 0 bridgehead atoms. The van der Waals surface area contributed by atoms with Gasteiger partial charge in [0.05, 0.1) is 12.1 Å². The second kappa shape index (κ2) is 7.29. The van der Waals surface area contributed by atoms with E-state index in [1.54, 1.807) is 62.6 Å². The molecule has 0 spiro atoms. The molecule has 3 rings (SSSR count). The number of anilines is 2. The van der Waals surface area contributed by atoms with Gasteiger partial charge in [0.25, 0.3) is 11.8 Å². The first-order valence-electron chi connectivity index (χ1n) is 8.07. The highest BCUT2D eigenvalue weighted by atomic mass is 79.9. The number of imide groups is 1. The molecule has 1 fully saturated rings. The van der Waals surface area contributed by atoms with E-state index in [4.69, 9.17) is 0 Å². The summed E-state index contributed by atoms with van der Waals surface area (Å²) < 4.78 is 0.877. The van der Waals surface area contributed by atoms with Gasteiger partial charge in [0, 0.05) is 29.8 Å². The molecule has 0 aliphatic carbocycles. The monoisotopic (exact) mass is 415 g/mol. The van der Waals surface area contributed by atoms with Crippen molar-refractivity contribution in [3.63, 3.8) is 0 Å². The van der Waals surface area contributed by atoms with E-state index < -0.39 is 6.04 Å². The van der Waals surface area contributed by atoms with Gasteiger partial charge in [-0.25, -0.2) is 4.90 Å². The highest BCUT2D eigenvalue weighted by Crippen LogP contribution is 2.26. The number of benzene rings is 2. The van der Waals surface area contributed by atoms with Crippen molar-refractivity contribution < 1.29 is 14.4 Å². The lowest BCUT2D eigenvalue weighted by Gasteiger charge is -2.16. The Morgan fingerprint density at radius 3 is 2.27 bits per heavy atom. The minimum Gasteiger partial charge on any atom is -0.373 e. The Morgan fingerprint density at radius 2 is 1.69 bits per heavy atom. The zero-order chi connectivity index (χ0) is 18.8. The molecule has 1 atom stereocenters. The predicted molar refractivity (Wildman–Crippen MR) is 103 cm³/mol. The summed E-state index contributed by atoms with van der Waals surface area (Å²) in [5, 5.41) is 3.08. The van der Waals surface area contributed by atoms with E-state index in [2.05, 4.69) is 21.2 Å². The van der Waals surface area contributed by atoms with Gasteiger partial charge in [0.2, 0.25) is 5.91 Å². The smallest absolute Gasteiger partial charge is 0.256 e. The van der Waals surface area contributed by atoms with Gasteiger partial charge < -0.3 is 10.2 Å². The Morgan fingerprint density at radius 1 is 1.08 bits per heavy atom. The summed E-state index contributed by atoms with van der Waals surface area (Å²) in [5.41, 5.74) is 1.80. The number of nitrogens with one attached hydrogen (secondary N) is 1. The number of hydrogen-bond acceptors (Lipinski definition) is 4. The number of amides is 3. The Bertz CT molecular complexity index is 847. The van der Waals surface area contributed by atoms with Crippen LogP contribution in [-0.2, 0) is 9.59 Å². The van der Waals surface area contributed by atoms with Crippen molar-refractivity contribution in [2.24, 2.45) is 0 Å². The lowest BCUT2D eigenvalue weighted by atomic mass is 10.1. The van der Waals surface area contributed by atoms with Crippen LogP contribution in [0.3, 0.4) is 0 Å². The second-order valence-corrected chi connectivity index (χ2v) is 7.14. The Hall–Kier alpha value is -2.67. The molecule has 7 heteroatoms. The first-order valence-corrected chi connectivity index (χ1v) is 8.87. The third kappa shape index (κ3) is 3.62. The van der Waals surface area contributed by atoms with Gasteiger partial charge in [-0.2, -0.15) is 0 Å². The molecule has 1 aliphatic rings. The molecule has 1 saturated heterocycles. The fourth-order valence-corrected chi connectivity index (χ4v) is 3.04. The van der Waals surface area contributed by atoms with Crippen LogP contribution in [0.4, 0.5) is 11.4 Å². The molecule has 2 aromatic rings. The summed E-state index contributed by atoms with van der Waals surface area (Å²) in [6, 6.07) is 13.3. The van der Waals surface area contributed by atoms with Crippen LogP contribution in [0.2, 0.25) is 0 Å². The van der Waals surface area contributed by atoms with Crippen molar-refractivity contribution in [2.75, 3.05) is 24.3 Å². The lowest BCUT2D eigenvalue weighted by Crippen LogP contribution is -2.34. The van der Waals surface area contributed by atoms with E-state index in [0.29, 0.717) is 16.9 Å². The summed E-state index contributed by atoms with van der Waals surface area (Å²) in [5.74, 6) is -0.620. The van der Waals surface area contributed by atoms with Crippen molar-refractivity contribution in [2.45, 2.75) is 12.5 Å². The molecule has 2 aromatic carbocycles. The zero-order valence-corrected chi connectivity index (χ0v) is 16.0. The minimum absolute atomic E-state index is 0.0906. The molecule has 26 heavy (non-hydrogen) atoms. The van der Waals surface area contributed by atoms with Crippen LogP contribution in [-0.4, -0.2) is 42.8 Å². The van der Waals surface area contributed by atoms with Crippen LogP contribution in [0.15, 0.2) is 53.0 Å². The van der Waals surface area contributed by atoms with Crippen LogP contribution < -0.4 is 10.2 Å². The molecular weight excluding hydrogens is 398 g/mol. The van der Waals surface area contributed by atoms with Gasteiger partial charge in [-0.15, -0.1) is 0 Å². The van der Waals surface area contributed by atoms with Crippen molar-refractivity contribution in [3.05, 3.63) is 58.6 Å². The van der Waals surface area contributed by atoms with Crippen molar-refractivity contribution in [1.82, 2.24) is 4.90 Å². The summed E-state index contributed by atoms with van der Waals surface area (Å²) in [4.78, 5) is 39.5. The minimum atomic E-state index is -0.624. The first-order chi connectivity index (χ1) is 12.4. The average molecular weight is 416 g/mol. The van der Waals surface area contributed by atoms with Crippen molar-refractivity contribution >= 4 is 45.0 Å². The Labute approximate surface area is 159 Å². The van der Waals surface area contributed by atoms with Crippen LogP contribution in [0.1, 0.15) is 16.8 Å². The summed E-state index contributed by atoms with van der Waals surface area (Å²) >= 11 is 3.34. The van der Waals surface area contributed by atoms with E-state index in [-0.39, 0.29) is 24.1 Å². The topological polar surface area (TPSA) is 69.7 Å². The lowest BCUT2D eigenvalue weighted by molar-refractivity contribution is -0.121. The number of carbonyl (C=O) groups excluding carboxylic acids is 3. The number of carbonyl (C=O) groups is 3. The maximum absolute atomic E-state index is 12.6. The standard InChI is InChI=1S/C19H18BrN3O3/c1-22(2)18(25)12-3-7-14(8-4-12)21-16-11-17(24)23(19(16)26)15-9-5-13(20)6-10-15/h3-10,16,21H,11H2,1-2H3/t16-/m0/s1. The zero-order valence-electron chi connectivity index (χ0n) is 14.4. The van der Waals surface area contributed by atoms with Crippen LogP contribution in [0, 0.1) is 0 Å². The van der Waals surface area contributed by atoms with Crippen molar-refractivity contribution in [1.29, 1.82) is 0 Å². The van der Waals surface area contributed by atoms with Gasteiger partial charge >= 0.3 is 0 Å². The van der Waals surface area contributed by atoms with E-state index >= 15 is 0 Å². The van der Waals surface area contributed by atoms with Gasteiger partial charge in [0.1, 0.15) is 6.04 Å². The van der Waals surface area contributed by atoms with Gasteiger partial charge in [-0.3, -0.25) is 14.4 Å². The molecule has 1 N–H and O–H groups in total. The fourth-order valence-electron chi connectivity index (χ4n) is 2.77. The second-order valence-electron chi connectivity index (χ2n) is 6.22. The molecule has 3 amide bonds. The van der Waals surface area contributed by atoms with E-state index in [9.17, 15) is 14.4 Å². The van der Waals surface area contributed by atoms with Gasteiger partial charge in [-0.05, 0) is 48.5 Å². The first kappa shape index (κ1) is 18.1. The van der Waals surface area contributed by atoms with Crippen LogP contribution >= 0.6 is 15.9 Å². The molecule has 134 valence electrons. The molecule has 0 aromatic heterocycles. The highest BCUT2D eigenvalue weighted by Gasteiger charge is 2.39. The Balaban J connectivity index is 1.73. The number of halogens is 1. The molecule has 1 heterocycles. The molecule has 0 radical (unpaired) electrons. The third-order valence-electron chi connectivity index (χ3n) is 4.11. The van der Waals surface area contributed by atoms with E-state index in [0.717, 1.165) is 4.47 Å². The molecular formula is C19H18BrN3O3. The summed E-state index contributed by atoms with van der Waals surface area (Å²) in [6.07, 6.45) is 0.0906. The van der Waals surface area contributed by atoms with Gasteiger partial charge in [0.15, 0.2) is 0 Å². The predicted octanol–water partition coefficient (Wildman–Crippen LogP) is 2.89. The third-order valence-corrected chi connectivity index (χ3v) is 4.64. The quantitative estimate of drug-likeness (QED) is 0.779. The number of rotatable bonds is 4. The summed E-state index contributed by atoms with van der Waals surface area (Å²) in [6.45, 7) is 0. The largest absolute Gasteiger partial charge is 0.373 e. The maximum atomic E-state index is 12.6. The fraction of sp³-hybridized carbons (Fsp3) is 0.211. The summed E-state index contributed by atoms with van der Waals surface area (Å²) in [7, 11) is 3.38. The average Bonchev–Trinajstić information content (AvgIpc) is 2.89.